The smallest absolute Gasteiger partial charge is 0.0648 e. The summed E-state index contributed by atoms with van der Waals surface area (Å²) in [7, 11) is 0. The molecule has 0 fully saturated rings. The minimum Gasteiger partial charge on any atom is -0.379 e. The number of rotatable bonds is 3. The minimum atomic E-state index is 0.666. The number of fused-ring (bicyclic) bond motifs is 1. The molecule has 5 heteroatoms. The van der Waals surface area contributed by atoms with Crippen LogP contribution in [0.4, 0.5) is 5.69 Å². The summed E-state index contributed by atoms with van der Waals surface area (Å²) in [5.74, 6) is 0. The van der Waals surface area contributed by atoms with Crippen LogP contribution in [0.1, 0.15) is 4.88 Å². The Morgan fingerprint density at radius 2 is 1.90 bits per heavy atom. The van der Waals surface area contributed by atoms with E-state index in [1.54, 1.807) is 11.3 Å². The summed E-state index contributed by atoms with van der Waals surface area (Å²) in [6.07, 6.45) is 0. The Kier molecular flexibility index (Phi) is 4.22. The van der Waals surface area contributed by atoms with Gasteiger partial charge in [-0.1, -0.05) is 57.3 Å². The van der Waals surface area contributed by atoms with E-state index >= 15 is 0 Å². The second kappa shape index (κ2) is 5.94. The van der Waals surface area contributed by atoms with Crippen LogP contribution in [0.5, 0.6) is 0 Å². The lowest BCUT2D eigenvalue weighted by atomic mass is 10.2. The highest BCUT2D eigenvalue weighted by atomic mass is 79.9. The highest BCUT2D eigenvalue weighted by Gasteiger charge is 2.10. The summed E-state index contributed by atoms with van der Waals surface area (Å²) in [6, 6.07) is 13.9. The van der Waals surface area contributed by atoms with Gasteiger partial charge in [0.1, 0.15) is 0 Å². The number of hydrogen-bond donors (Lipinski definition) is 1. The van der Waals surface area contributed by atoms with E-state index in [9.17, 15) is 0 Å². The molecule has 0 saturated heterocycles. The maximum absolute atomic E-state index is 6.42. The van der Waals surface area contributed by atoms with Gasteiger partial charge in [0.05, 0.1) is 22.3 Å². The van der Waals surface area contributed by atoms with E-state index in [4.69, 9.17) is 23.2 Å². The number of hydrogen-bond acceptors (Lipinski definition) is 2. The van der Waals surface area contributed by atoms with Crippen molar-refractivity contribution in [1.29, 1.82) is 0 Å². The Labute approximate surface area is 139 Å². The van der Waals surface area contributed by atoms with Crippen molar-refractivity contribution in [2.75, 3.05) is 5.32 Å². The molecule has 1 heterocycles. The maximum atomic E-state index is 6.42. The molecule has 0 spiro atoms. The summed E-state index contributed by atoms with van der Waals surface area (Å²) in [5, 5.41) is 5.96. The van der Waals surface area contributed by atoms with Crippen molar-refractivity contribution >= 4 is 66.2 Å². The van der Waals surface area contributed by atoms with E-state index < -0.39 is 0 Å². The fourth-order valence-corrected chi connectivity index (χ4v) is 4.17. The Balaban J connectivity index is 1.85. The fourth-order valence-electron chi connectivity index (χ4n) is 1.99. The number of anilines is 1. The minimum absolute atomic E-state index is 0.666. The molecule has 0 amide bonds. The van der Waals surface area contributed by atoms with E-state index in [-0.39, 0.29) is 0 Å². The first kappa shape index (κ1) is 14.2. The third-order valence-electron chi connectivity index (χ3n) is 2.97. The van der Waals surface area contributed by atoms with Crippen molar-refractivity contribution in [3.63, 3.8) is 0 Å². The normalized spacial score (nSPS) is 10.9. The van der Waals surface area contributed by atoms with Crippen molar-refractivity contribution in [3.05, 3.63) is 61.9 Å². The average molecular weight is 387 g/mol. The van der Waals surface area contributed by atoms with Crippen molar-refractivity contribution in [1.82, 2.24) is 0 Å². The van der Waals surface area contributed by atoms with Crippen LogP contribution < -0.4 is 5.32 Å². The maximum Gasteiger partial charge on any atom is 0.0648 e. The molecule has 1 aromatic heterocycles. The molecule has 0 unspecified atom stereocenters. The number of thiophene rings is 1. The number of benzene rings is 2. The molecule has 2 aromatic carbocycles. The SMILES string of the molecule is Clc1cc(Br)ccc1NCc1sc2ccccc2c1Cl. The van der Waals surface area contributed by atoms with Crippen LogP contribution in [0.25, 0.3) is 10.1 Å². The largest absolute Gasteiger partial charge is 0.379 e. The molecule has 1 N–H and O–H groups in total. The predicted molar refractivity (Wildman–Crippen MR) is 93.3 cm³/mol. The van der Waals surface area contributed by atoms with Gasteiger partial charge in [0.25, 0.3) is 0 Å². The lowest BCUT2D eigenvalue weighted by Gasteiger charge is -2.07. The highest BCUT2D eigenvalue weighted by molar-refractivity contribution is 9.10. The van der Waals surface area contributed by atoms with Gasteiger partial charge < -0.3 is 5.32 Å². The lowest BCUT2D eigenvalue weighted by molar-refractivity contribution is 1.19. The Morgan fingerprint density at radius 1 is 1.10 bits per heavy atom. The zero-order valence-electron chi connectivity index (χ0n) is 10.3. The van der Waals surface area contributed by atoms with Crippen molar-refractivity contribution in [3.8, 4) is 0 Å². The summed E-state index contributed by atoms with van der Waals surface area (Å²) in [4.78, 5) is 1.12. The van der Waals surface area contributed by atoms with Gasteiger partial charge >= 0.3 is 0 Å². The summed E-state index contributed by atoms with van der Waals surface area (Å²) >= 11 is 17.7. The van der Waals surface area contributed by atoms with Gasteiger partial charge in [-0.15, -0.1) is 11.3 Å². The second-order valence-corrected chi connectivity index (χ2v) is 7.15. The van der Waals surface area contributed by atoms with Crippen LogP contribution in [0.3, 0.4) is 0 Å². The molecule has 0 saturated carbocycles. The van der Waals surface area contributed by atoms with E-state index in [0.717, 1.165) is 25.4 Å². The van der Waals surface area contributed by atoms with E-state index in [1.807, 2.05) is 36.4 Å². The molecule has 1 nitrogen and oxygen atoms in total. The van der Waals surface area contributed by atoms with Gasteiger partial charge in [0, 0.05) is 19.4 Å². The van der Waals surface area contributed by atoms with Gasteiger partial charge in [-0.2, -0.15) is 0 Å². The first-order valence-electron chi connectivity index (χ1n) is 6.00. The molecule has 0 radical (unpaired) electrons. The van der Waals surface area contributed by atoms with Crippen LogP contribution in [-0.2, 0) is 6.54 Å². The molecule has 3 aromatic rings. The fraction of sp³-hybridized carbons (Fsp3) is 0.0667. The topological polar surface area (TPSA) is 12.0 Å². The van der Waals surface area contributed by atoms with E-state index in [2.05, 4.69) is 27.3 Å². The molecular formula is C15H10BrCl2NS. The molecule has 20 heavy (non-hydrogen) atoms. The van der Waals surface area contributed by atoms with Gasteiger partial charge in [-0.25, -0.2) is 0 Å². The summed E-state index contributed by atoms with van der Waals surface area (Å²) in [5.41, 5.74) is 0.906. The van der Waals surface area contributed by atoms with E-state index in [1.165, 1.54) is 4.70 Å². The molecular weight excluding hydrogens is 377 g/mol. The van der Waals surface area contributed by atoms with Gasteiger partial charge in [-0.05, 0) is 24.3 Å². The number of nitrogens with one attached hydrogen (secondary N) is 1. The first-order valence-corrected chi connectivity index (χ1v) is 8.36. The van der Waals surface area contributed by atoms with Crippen LogP contribution in [0.2, 0.25) is 10.0 Å². The van der Waals surface area contributed by atoms with Crippen molar-refractivity contribution < 1.29 is 0 Å². The van der Waals surface area contributed by atoms with Crippen LogP contribution in [-0.4, -0.2) is 0 Å². The molecule has 0 aliphatic rings. The molecule has 0 atom stereocenters. The third kappa shape index (κ3) is 2.82. The van der Waals surface area contributed by atoms with Crippen LogP contribution in [0.15, 0.2) is 46.9 Å². The first-order chi connectivity index (χ1) is 9.65. The lowest BCUT2D eigenvalue weighted by Crippen LogP contribution is -1.98. The third-order valence-corrected chi connectivity index (χ3v) is 5.49. The summed E-state index contributed by atoms with van der Waals surface area (Å²) in [6.45, 7) is 0.666. The Hall–Kier alpha value is -0.740. The number of halogens is 3. The standard InChI is InChI=1S/C15H10BrCl2NS/c16-9-5-6-12(11(17)7-9)19-8-14-15(18)10-3-1-2-4-13(10)20-14/h1-7,19H,8H2. The molecule has 0 aliphatic heterocycles. The summed E-state index contributed by atoms with van der Waals surface area (Å²) < 4.78 is 2.17. The molecule has 102 valence electrons. The zero-order valence-corrected chi connectivity index (χ0v) is 14.2. The zero-order chi connectivity index (χ0) is 14.1. The highest BCUT2D eigenvalue weighted by Crippen LogP contribution is 2.36. The monoisotopic (exact) mass is 385 g/mol. The average Bonchev–Trinajstić information content (AvgIpc) is 2.75. The van der Waals surface area contributed by atoms with Gasteiger partial charge in [0.15, 0.2) is 0 Å². The van der Waals surface area contributed by atoms with Crippen molar-refractivity contribution in [2.45, 2.75) is 6.54 Å². The van der Waals surface area contributed by atoms with E-state index in [0.29, 0.717) is 11.6 Å². The second-order valence-electron chi connectivity index (χ2n) is 4.31. The predicted octanol–water partition coefficient (Wildman–Crippen LogP) is 6.58. The quantitative estimate of drug-likeness (QED) is 0.535. The van der Waals surface area contributed by atoms with Crippen LogP contribution in [0, 0.1) is 0 Å². The Bertz CT molecular complexity index is 770. The molecule has 3 rings (SSSR count). The van der Waals surface area contributed by atoms with Gasteiger partial charge in [0.2, 0.25) is 0 Å². The Morgan fingerprint density at radius 3 is 2.65 bits per heavy atom. The van der Waals surface area contributed by atoms with Gasteiger partial charge in [-0.3, -0.25) is 0 Å². The van der Waals surface area contributed by atoms with Crippen molar-refractivity contribution in [2.24, 2.45) is 0 Å². The molecule has 0 aliphatic carbocycles. The molecule has 0 bridgehead atoms. The van der Waals surface area contributed by atoms with Crippen LogP contribution >= 0.6 is 50.5 Å².